The first-order valence-corrected chi connectivity index (χ1v) is 5.56. The van der Waals surface area contributed by atoms with Crippen molar-refractivity contribution in [1.82, 2.24) is 4.98 Å². The lowest BCUT2D eigenvalue weighted by atomic mass is 10.6. The molecule has 0 aliphatic carbocycles. The zero-order chi connectivity index (χ0) is 9.35. The van der Waals surface area contributed by atoms with E-state index in [1.807, 2.05) is 0 Å². The summed E-state index contributed by atoms with van der Waals surface area (Å²) in [5, 5.41) is 0. The van der Waals surface area contributed by atoms with E-state index in [0.29, 0.717) is 11.3 Å². The molecule has 0 unspecified atom stereocenters. The van der Waals surface area contributed by atoms with E-state index in [4.69, 9.17) is 0 Å². The Bertz CT molecular complexity index is 371. The van der Waals surface area contributed by atoms with Gasteiger partial charge in [-0.05, 0) is 0 Å². The Labute approximate surface area is 72.0 Å². The maximum Gasteiger partial charge on any atom is 0.274 e. The molecule has 1 aromatic heterocycles. The average Bonchev–Trinajstić information content (AvgIpc) is 2.30. The largest absolute Gasteiger partial charge is 0.274 e. The second-order valence-electron chi connectivity index (χ2n) is 2.10. The smallest absolute Gasteiger partial charge is 0.233 e. The molecule has 0 aliphatic heterocycles. The van der Waals surface area contributed by atoms with Gasteiger partial charge in [-0.25, -0.2) is 22.2 Å². The lowest BCUT2D eigenvalue weighted by molar-refractivity contribution is 0.155. The molecule has 0 aromatic carbocycles. The van der Waals surface area contributed by atoms with Crippen molar-refractivity contribution in [1.29, 1.82) is 0 Å². The van der Waals surface area contributed by atoms with Crippen LogP contribution in [-0.2, 0) is 9.84 Å². The molecule has 68 valence electrons. The molecule has 0 N–H and O–H groups in total. The molecule has 0 saturated carbocycles. The highest BCUT2D eigenvalue weighted by atomic mass is 32.2. The van der Waals surface area contributed by atoms with Gasteiger partial charge in [-0.15, -0.1) is 11.3 Å². The van der Waals surface area contributed by atoms with E-state index in [2.05, 4.69) is 4.98 Å². The van der Waals surface area contributed by atoms with E-state index in [9.17, 15) is 17.2 Å². The molecule has 0 fully saturated rings. The van der Waals surface area contributed by atoms with Crippen LogP contribution in [-0.4, -0.2) is 19.7 Å². The number of hydrogen-bond acceptors (Lipinski definition) is 4. The summed E-state index contributed by atoms with van der Waals surface area (Å²) in [6, 6.07) is 0. The van der Waals surface area contributed by atoms with Gasteiger partial charge in [0.1, 0.15) is 0 Å². The van der Waals surface area contributed by atoms with E-state index in [1.165, 1.54) is 0 Å². The summed E-state index contributed by atoms with van der Waals surface area (Å²) in [7, 11) is -3.44. The van der Waals surface area contributed by atoms with Gasteiger partial charge in [-0.2, -0.15) is 0 Å². The molecule has 0 atom stereocenters. The van der Waals surface area contributed by atoms with E-state index >= 15 is 0 Å². The van der Waals surface area contributed by atoms with E-state index < -0.39 is 16.3 Å². The van der Waals surface area contributed by atoms with Gasteiger partial charge in [-0.1, -0.05) is 0 Å². The van der Waals surface area contributed by atoms with Crippen LogP contribution in [0.25, 0.3) is 0 Å². The molecule has 0 spiro atoms. The van der Waals surface area contributed by atoms with Gasteiger partial charge in [0.05, 0.1) is 4.88 Å². The van der Waals surface area contributed by atoms with Gasteiger partial charge in [0.2, 0.25) is 14.2 Å². The van der Waals surface area contributed by atoms with Crippen molar-refractivity contribution >= 4 is 21.2 Å². The number of sulfone groups is 1. The minimum atomic E-state index is -3.44. The summed E-state index contributed by atoms with van der Waals surface area (Å²) in [4.78, 5) is 3.04. The molecule has 7 heteroatoms. The highest BCUT2D eigenvalue weighted by molar-refractivity contribution is 7.92. The summed E-state index contributed by atoms with van der Waals surface area (Å²) < 4.78 is 45.2. The molecular formula is C5H5F2NO2S2. The molecule has 0 amide bonds. The molecule has 0 saturated heterocycles. The van der Waals surface area contributed by atoms with Crippen LogP contribution >= 0.6 is 11.3 Å². The fraction of sp³-hybridized carbons (Fsp3) is 0.400. The van der Waals surface area contributed by atoms with Gasteiger partial charge >= 0.3 is 0 Å². The lowest BCUT2D eigenvalue weighted by Crippen LogP contribution is -1.94. The van der Waals surface area contributed by atoms with Gasteiger partial charge in [0, 0.05) is 12.5 Å². The first-order valence-electron chi connectivity index (χ1n) is 2.85. The van der Waals surface area contributed by atoms with Crippen molar-refractivity contribution in [2.45, 2.75) is 10.8 Å². The van der Waals surface area contributed by atoms with Gasteiger partial charge in [0.15, 0.2) is 0 Å². The second kappa shape index (κ2) is 3.06. The van der Waals surface area contributed by atoms with Crippen molar-refractivity contribution in [3.8, 4) is 0 Å². The van der Waals surface area contributed by atoms with Crippen LogP contribution in [0.4, 0.5) is 8.78 Å². The summed E-state index contributed by atoms with van der Waals surface area (Å²) in [5.41, 5.74) is 0. The Hall–Kier alpha value is -0.560. The molecule has 0 bridgehead atoms. The summed E-state index contributed by atoms with van der Waals surface area (Å²) in [6.45, 7) is 0. The lowest BCUT2D eigenvalue weighted by Gasteiger charge is -1.88. The molecule has 12 heavy (non-hydrogen) atoms. The molecule has 3 nitrogen and oxygen atoms in total. The first-order chi connectivity index (χ1) is 5.41. The number of aromatic nitrogens is 1. The van der Waals surface area contributed by atoms with Gasteiger partial charge in [-0.3, -0.25) is 0 Å². The predicted molar refractivity (Wildman–Crippen MR) is 40.2 cm³/mol. The molecule has 0 aliphatic rings. The normalized spacial score (nSPS) is 12.3. The fourth-order valence-electron chi connectivity index (χ4n) is 0.542. The molecule has 0 radical (unpaired) electrons. The van der Waals surface area contributed by atoms with E-state index in [-0.39, 0.29) is 9.22 Å². The van der Waals surface area contributed by atoms with Crippen molar-refractivity contribution < 1.29 is 17.2 Å². The highest BCUT2D eigenvalue weighted by Gasteiger charge is 2.17. The standard InChI is InChI=1S/C5H5F2NO2S2/c1-12(9,10)5-8-2-3(11-5)4(6)7/h2,4H,1H3. The quantitative estimate of drug-likeness (QED) is 0.747. The third-order valence-electron chi connectivity index (χ3n) is 1.03. The van der Waals surface area contributed by atoms with Gasteiger partial charge in [0.25, 0.3) is 6.43 Å². The number of alkyl halides is 2. The van der Waals surface area contributed by atoms with Gasteiger partial charge < -0.3 is 0 Å². The topological polar surface area (TPSA) is 47.0 Å². The molecule has 1 rings (SSSR count). The predicted octanol–water partition coefficient (Wildman–Crippen LogP) is 1.48. The average molecular weight is 213 g/mol. The minimum Gasteiger partial charge on any atom is -0.233 e. The summed E-state index contributed by atoms with van der Waals surface area (Å²) in [5.74, 6) is 0. The maximum atomic E-state index is 11.9. The van der Waals surface area contributed by atoms with Crippen LogP contribution in [0.3, 0.4) is 0 Å². The molecule has 1 heterocycles. The Morgan fingerprint density at radius 3 is 2.42 bits per heavy atom. The summed E-state index contributed by atoms with van der Waals surface area (Å²) in [6.07, 6.45) is -0.842. The third-order valence-corrected chi connectivity index (χ3v) is 3.73. The zero-order valence-electron chi connectivity index (χ0n) is 5.99. The van der Waals surface area contributed by atoms with Crippen LogP contribution in [0.5, 0.6) is 0 Å². The van der Waals surface area contributed by atoms with Crippen LogP contribution < -0.4 is 0 Å². The van der Waals surface area contributed by atoms with Crippen molar-refractivity contribution in [2.24, 2.45) is 0 Å². The van der Waals surface area contributed by atoms with E-state index in [1.54, 1.807) is 0 Å². The fourth-order valence-corrected chi connectivity index (χ4v) is 2.18. The maximum absolute atomic E-state index is 11.9. The van der Waals surface area contributed by atoms with Crippen molar-refractivity contribution in [2.75, 3.05) is 6.26 Å². The summed E-state index contributed by atoms with van der Waals surface area (Å²) >= 11 is 0.499. The second-order valence-corrected chi connectivity index (χ2v) is 5.35. The number of halogens is 2. The Morgan fingerprint density at radius 1 is 1.58 bits per heavy atom. The first kappa shape index (κ1) is 9.53. The van der Waals surface area contributed by atoms with Crippen LogP contribution in [0.2, 0.25) is 0 Å². The minimum absolute atomic E-state index is 0.266. The third kappa shape index (κ3) is 1.98. The SMILES string of the molecule is CS(=O)(=O)c1ncc(C(F)F)s1. The zero-order valence-corrected chi connectivity index (χ0v) is 7.62. The number of hydrogen-bond donors (Lipinski definition) is 0. The van der Waals surface area contributed by atoms with Crippen molar-refractivity contribution in [3.63, 3.8) is 0 Å². The van der Waals surface area contributed by atoms with E-state index in [0.717, 1.165) is 12.5 Å². The number of thiazole rings is 1. The van der Waals surface area contributed by atoms with Crippen LogP contribution in [0, 0.1) is 0 Å². The monoisotopic (exact) mass is 213 g/mol. The molecular weight excluding hydrogens is 208 g/mol. The Kier molecular flexibility index (Phi) is 2.43. The number of rotatable bonds is 2. The van der Waals surface area contributed by atoms with Crippen LogP contribution in [0.1, 0.15) is 11.3 Å². The highest BCUT2D eigenvalue weighted by Crippen LogP contribution is 2.26. The Balaban J connectivity index is 3.09. The number of nitrogens with zero attached hydrogens (tertiary/aromatic N) is 1. The van der Waals surface area contributed by atoms with Crippen LogP contribution in [0.15, 0.2) is 10.5 Å². The van der Waals surface area contributed by atoms with Crippen molar-refractivity contribution in [3.05, 3.63) is 11.1 Å². The molecule has 1 aromatic rings. The Morgan fingerprint density at radius 2 is 2.17 bits per heavy atom.